The molecule has 0 aromatic rings. The molecule has 0 saturated carbocycles. The fourth-order valence-electron chi connectivity index (χ4n) is 1.06. The normalized spacial score (nSPS) is 10.1. The van der Waals surface area contributed by atoms with Crippen LogP contribution in [0.5, 0.6) is 0 Å². The van der Waals surface area contributed by atoms with Gasteiger partial charge in [0, 0.05) is 6.61 Å². The Labute approximate surface area is 85.8 Å². The Morgan fingerprint density at radius 1 is 1.29 bits per heavy atom. The summed E-state index contributed by atoms with van der Waals surface area (Å²) in [5.74, 6) is -0.976. The van der Waals surface area contributed by atoms with Crippen molar-refractivity contribution >= 4 is 5.97 Å². The van der Waals surface area contributed by atoms with Gasteiger partial charge in [0.1, 0.15) is 0 Å². The van der Waals surface area contributed by atoms with Crippen LogP contribution in [0.25, 0.3) is 0 Å². The molecule has 0 aliphatic heterocycles. The Morgan fingerprint density at radius 3 is 2.50 bits per heavy atom. The smallest absolute Gasteiger partial charge is 0.333 e. The number of carboxylic acids is 1. The molecule has 0 atom stereocenters. The molecule has 0 bridgehead atoms. The minimum absolute atomic E-state index is 0.124. The second kappa shape index (κ2) is 8.75. The summed E-state index contributed by atoms with van der Waals surface area (Å²) >= 11 is 0. The van der Waals surface area contributed by atoms with E-state index in [1.165, 1.54) is 19.3 Å². The van der Waals surface area contributed by atoms with Crippen LogP contribution in [0.4, 0.5) is 0 Å². The molecule has 1 N–H and O–H groups in total. The van der Waals surface area contributed by atoms with Crippen LogP contribution in [-0.4, -0.2) is 24.3 Å². The predicted octanol–water partition coefficient (Wildman–Crippen LogP) is 2.61. The van der Waals surface area contributed by atoms with Gasteiger partial charge in [-0.2, -0.15) is 0 Å². The summed E-state index contributed by atoms with van der Waals surface area (Å²) in [6.45, 7) is 6.33. The van der Waals surface area contributed by atoms with Crippen LogP contribution in [0.15, 0.2) is 12.2 Å². The number of rotatable bonds is 9. The van der Waals surface area contributed by atoms with E-state index in [1.807, 2.05) is 0 Å². The zero-order chi connectivity index (χ0) is 10.8. The van der Waals surface area contributed by atoms with Gasteiger partial charge in [-0.3, -0.25) is 0 Å². The number of unbranched alkanes of at least 4 members (excludes halogenated alkanes) is 4. The van der Waals surface area contributed by atoms with Crippen LogP contribution < -0.4 is 0 Å². The molecular formula is C11H20O3. The molecule has 14 heavy (non-hydrogen) atoms. The van der Waals surface area contributed by atoms with E-state index in [1.54, 1.807) is 0 Å². The Kier molecular flexibility index (Phi) is 8.24. The molecule has 0 amide bonds. The van der Waals surface area contributed by atoms with Crippen LogP contribution in [0.2, 0.25) is 0 Å². The van der Waals surface area contributed by atoms with Crippen LogP contribution in [-0.2, 0) is 9.53 Å². The average molecular weight is 200 g/mol. The summed E-state index contributed by atoms with van der Waals surface area (Å²) in [4.78, 5) is 10.3. The molecule has 0 aromatic heterocycles. The molecule has 3 nitrogen and oxygen atoms in total. The van der Waals surface area contributed by atoms with Crippen molar-refractivity contribution in [1.82, 2.24) is 0 Å². The van der Waals surface area contributed by atoms with Gasteiger partial charge in [-0.05, 0) is 6.42 Å². The lowest BCUT2D eigenvalue weighted by atomic mass is 10.2. The van der Waals surface area contributed by atoms with Crippen molar-refractivity contribution in [3.05, 3.63) is 12.2 Å². The zero-order valence-electron chi connectivity index (χ0n) is 8.92. The third kappa shape index (κ3) is 7.80. The lowest BCUT2D eigenvalue weighted by molar-refractivity contribution is -0.133. The van der Waals surface area contributed by atoms with E-state index in [9.17, 15) is 4.79 Å². The average Bonchev–Trinajstić information content (AvgIpc) is 2.16. The second-order valence-electron chi connectivity index (χ2n) is 3.38. The van der Waals surface area contributed by atoms with Crippen molar-refractivity contribution in [2.24, 2.45) is 0 Å². The van der Waals surface area contributed by atoms with Gasteiger partial charge in [-0.25, -0.2) is 4.79 Å². The first-order valence-electron chi connectivity index (χ1n) is 5.17. The first-order valence-corrected chi connectivity index (χ1v) is 5.17. The zero-order valence-corrected chi connectivity index (χ0v) is 8.92. The van der Waals surface area contributed by atoms with Crippen LogP contribution >= 0.6 is 0 Å². The molecular weight excluding hydrogens is 180 g/mol. The molecule has 0 aliphatic carbocycles. The van der Waals surface area contributed by atoms with Gasteiger partial charge >= 0.3 is 5.97 Å². The monoisotopic (exact) mass is 200 g/mol. The molecule has 0 rings (SSSR count). The molecule has 0 heterocycles. The quantitative estimate of drug-likeness (QED) is 0.459. The molecule has 0 radical (unpaired) electrons. The summed E-state index contributed by atoms with van der Waals surface area (Å²) < 4.78 is 5.16. The van der Waals surface area contributed by atoms with E-state index in [0.29, 0.717) is 6.61 Å². The van der Waals surface area contributed by atoms with Gasteiger partial charge < -0.3 is 9.84 Å². The van der Waals surface area contributed by atoms with E-state index in [4.69, 9.17) is 9.84 Å². The number of hydrogen-bond acceptors (Lipinski definition) is 2. The molecule has 0 unspecified atom stereocenters. The number of ether oxygens (including phenoxy) is 1. The highest BCUT2D eigenvalue weighted by Gasteiger charge is 2.02. The minimum Gasteiger partial charge on any atom is -0.478 e. The van der Waals surface area contributed by atoms with E-state index in [-0.39, 0.29) is 12.2 Å². The van der Waals surface area contributed by atoms with Crippen molar-refractivity contribution in [2.45, 2.75) is 39.0 Å². The number of hydrogen-bond donors (Lipinski definition) is 1. The largest absolute Gasteiger partial charge is 0.478 e. The summed E-state index contributed by atoms with van der Waals surface area (Å²) in [5, 5.41) is 8.48. The molecule has 0 aromatic carbocycles. The van der Waals surface area contributed by atoms with Gasteiger partial charge in [0.25, 0.3) is 0 Å². The topological polar surface area (TPSA) is 46.5 Å². The Bertz CT molecular complexity index is 175. The number of carboxylic acid groups (broad SMARTS) is 1. The van der Waals surface area contributed by atoms with Crippen molar-refractivity contribution in [1.29, 1.82) is 0 Å². The summed E-state index contributed by atoms with van der Waals surface area (Å²) in [7, 11) is 0. The third-order valence-corrected chi connectivity index (χ3v) is 1.97. The van der Waals surface area contributed by atoms with E-state index in [2.05, 4.69) is 13.5 Å². The van der Waals surface area contributed by atoms with Gasteiger partial charge in [-0.1, -0.05) is 39.2 Å². The van der Waals surface area contributed by atoms with E-state index in [0.717, 1.165) is 12.8 Å². The first kappa shape index (κ1) is 13.2. The van der Waals surface area contributed by atoms with Crippen LogP contribution in [0, 0.1) is 0 Å². The van der Waals surface area contributed by atoms with Gasteiger partial charge in [-0.15, -0.1) is 0 Å². The summed E-state index contributed by atoms with van der Waals surface area (Å²) in [6, 6.07) is 0. The number of carbonyl (C=O) groups is 1. The maximum atomic E-state index is 10.3. The molecule has 0 saturated heterocycles. The molecule has 0 spiro atoms. The maximum Gasteiger partial charge on any atom is 0.333 e. The minimum atomic E-state index is -0.976. The highest BCUT2D eigenvalue weighted by Crippen LogP contribution is 2.02. The van der Waals surface area contributed by atoms with Gasteiger partial charge in [0.15, 0.2) is 0 Å². The molecule has 0 aliphatic rings. The van der Waals surface area contributed by atoms with Crippen LogP contribution in [0.3, 0.4) is 0 Å². The lowest BCUT2D eigenvalue weighted by Crippen LogP contribution is -2.07. The summed E-state index contributed by atoms with van der Waals surface area (Å²) in [5.41, 5.74) is 0.124. The fraction of sp³-hybridized carbons (Fsp3) is 0.727. The molecule has 0 fully saturated rings. The highest BCUT2D eigenvalue weighted by molar-refractivity contribution is 5.85. The predicted molar refractivity (Wildman–Crippen MR) is 56.4 cm³/mol. The Balaban J connectivity index is 3.13. The van der Waals surface area contributed by atoms with E-state index >= 15 is 0 Å². The third-order valence-electron chi connectivity index (χ3n) is 1.97. The Morgan fingerprint density at radius 2 is 1.93 bits per heavy atom. The first-order chi connectivity index (χ1) is 6.68. The van der Waals surface area contributed by atoms with Crippen molar-refractivity contribution in [3.8, 4) is 0 Å². The van der Waals surface area contributed by atoms with E-state index < -0.39 is 5.97 Å². The van der Waals surface area contributed by atoms with Crippen molar-refractivity contribution < 1.29 is 14.6 Å². The number of aliphatic carboxylic acids is 1. The fourth-order valence-corrected chi connectivity index (χ4v) is 1.06. The summed E-state index contributed by atoms with van der Waals surface area (Å²) in [6.07, 6.45) is 5.90. The second-order valence-corrected chi connectivity index (χ2v) is 3.38. The Hall–Kier alpha value is -0.830. The van der Waals surface area contributed by atoms with Crippen molar-refractivity contribution in [2.75, 3.05) is 13.2 Å². The van der Waals surface area contributed by atoms with Crippen molar-refractivity contribution in [3.63, 3.8) is 0 Å². The van der Waals surface area contributed by atoms with Crippen LogP contribution in [0.1, 0.15) is 39.0 Å². The maximum absolute atomic E-state index is 10.3. The van der Waals surface area contributed by atoms with Gasteiger partial charge in [0.05, 0.1) is 12.2 Å². The molecule has 3 heteroatoms. The highest BCUT2D eigenvalue weighted by atomic mass is 16.5. The van der Waals surface area contributed by atoms with Gasteiger partial charge in [0.2, 0.25) is 0 Å². The lowest BCUT2D eigenvalue weighted by Gasteiger charge is -2.03. The SMILES string of the molecule is C=C(COCCCCCCC)C(=O)O. The standard InChI is InChI=1S/C11H20O3/c1-3-4-5-6-7-8-14-9-10(2)11(12)13/h2-9H2,1H3,(H,12,13). The molecule has 82 valence electrons.